The van der Waals surface area contributed by atoms with Crippen molar-refractivity contribution >= 4 is 9.84 Å². The predicted octanol–water partition coefficient (Wildman–Crippen LogP) is 0.491. The summed E-state index contributed by atoms with van der Waals surface area (Å²) in [4.78, 5) is 0. The Morgan fingerprint density at radius 2 is 1.84 bits per heavy atom. The van der Waals surface area contributed by atoms with Crippen LogP contribution in [-0.4, -0.2) is 57.4 Å². The molecule has 3 aliphatic rings. The van der Waals surface area contributed by atoms with Gasteiger partial charge in [-0.15, -0.1) is 0 Å². The van der Waals surface area contributed by atoms with Crippen LogP contribution in [0.1, 0.15) is 32.1 Å². The van der Waals surface area contributed by atoms with E-state index in [1.54, 1.807) is 0 Å². The molecular formula is C13H23NO4S. The molecule has 3 aliphatic heterocycles. The molecular weight excluding hydrogens is 266 g/mol. The highest BCUT2D eigenvalue weighted by Gasteiger charge is 2.41. The summed E-state index contributed by atoms with van der Waals surface area (Å²) < 4.78 is 34.2. The molecule has 0 radical (unpaired) electrons. The Hall–Kier alpha value is -0.170. The molecule has 5 nitrogen and oxygen atoms in total. The number of hydrogen-bond acceptors (Lipinski definition) is 5. The molecule has 3 heterocycles. The van der Waals surface area contributed by atoms with Crippen molar-refractivity contribution in [2.45, 2.75) is 49.8 Å². The van der Waals surface area contributed by atoms with E-state index in [2.05, 4.69) is 5.32 Å². The first-order chi connectivity index (χ1) is 9.07. The van der Waals surface area contributed by atoms with E-state index in [0.29, 0.717) is 30.2 Å². The van der Waals surface area contributed by atoms with Gasteiger partial charge in [0.25, 0.3) is 0 Å². The van der Waals surface area contributed by atoms with Gasteiger partial charge >= 0.3 is 0 Å². The normalized spacial score (nSPS) is 39.7. The van der Waals surface area contributed by atoms with Crippen molar-refractivity contribution in [2.75, 3.05) is 31.3 Å². The van der Waals surface area contributed by atoms with Gasteiger partial charge in [-0.2, -0.15) is 0 Å². The quantitative estimate of drug-likeness (QED) is 0.801. The molecule has 0 amide bonds. The molecule has 1 N–H and O–H groups in total. The molecule has 0 aliphatic carbocycles. The number of ether oxygens (including phenoxy) is 2. The Bertz CT molecular complexity index is 402. The third-order valence-corrected chi connectivity index (χ3v) is 6.30. The summed E-state index contributed by atoms with van der Waals surface area (Å²) in [5, 5.41) is 3.65. The van der Waals surface area contributed by atoms with Gasteiger partial charge in [0.15, 0.2) is 0 Å². The standard InChI is InChI=1S/C13H23NO4S/c15-19(16)7-2-11(3-8-19)14-12-1-5-18-13(9-12)4-6-17-10-13/h11-12,14H,1-10H2. The van der Waals surface area contributed by atoms with E-state index in [0.717, 1.165) is 45.3 Å². The lowest BCUT2D eigenvalue weighted by molar-refractivity contribution is -0.0904. The van der Waals surface area contributed by atoms with Gasteiger partial charge in [0, 0.05) is 31.7 Å². The number of sulfone groups is 1. The van der Waals surface area contributed by atoms with Crippen LogP contribution in [-0.2, 0) is 19.3 Å². The van der Waals surface area contributed by atoms with Gasteiger partial charge in [0.1, 0.15) is 9.84 Å². The van der Waals surface area contributed by atoms with Gasteiger partial charge in [0.05, 0.1) is 23.7 Å². The molecule has 0 aromatic carbocycles. The maximum Gasteiger partial charge on any atom is 0.150 e. The van der Waals surface area contributed by atoms with Crippen LogP contribution in [0.25, 0.3) is 0 Å². The zero-order valence-corrected chi connectivity index (χ0v) is 12.1. The topological polar surface area (TPSA) is 64.6 Å². The Morgan fingerprint density at radius 3 is 2.53 bits per heavy atom. The maximum absolute atomic E-state index is 11.4. The molecule has 0 aromatic rings. The summed E-state index contributed by atoms with van der Waals surface area (Å²) in [7, 11) is -2.76. The summed E-state index contributed by atoms with van der Waals surface area (Å²) in [5.74, 6) is 0.671. The SMILES string of the molecule is O=S1(=O)CCC(NC2CCOC3(CCOC3)C2)CC1. The van der Waals surface area contributed by atoms with Crippen LogP contribution in [0, 0.1) is 0 Å². The van der Waals surface area contributed by atoms with E-state index in [4.69, 9.17) is 9.47 Å². The fourth-order valence-corrected chi connectivity index (χ4v) is 4.91. The molecule has 1 spiro atoms. The van der Waals surface area contributed by atoms with Crippen LogP contribution in [0.2, 0.25) is 0 Å². The molecule has 3 saturated heterocycles. The van der Waals surface area contributed by atoms with Crippen molar-refractivity contribution < 1.29 is 17.9 Å². The number of nitrogens with one attached hydrogen (secondary N) is 1. The van der Waals surface area contributed by atoms with Gasteiger partial charge in [-0.1, -0.05) is 0 Å². The van der Waals surface area contributed by atoms with Crippen molar-refractivity contribution in [1.29, 1.82) is 0 Å². The van der Waals surface area contributed by atoms with Crippen LogP contribution in [0.15, 0.2) is 0 Å². The van der Waals surface area contributed by atoms with Crippen LogP contribution in [0.5, 0.6) is 0 Å². The van der Waals surface area contributed by atoms with E-state index < -0.39 is 9.84 Å². The van der Waals surface area contributed by atoms with Gasteiger partial charge in [-0.05, 0) is 25.7 Å². The average Bonchev–Trinajstić information content (AvgIpc) is 2.80. The summed E-state index contributed by atoms with van der Waals surface area (Å²) in [6, 6.07) is 0.798. The van der Waals surface area contributed by atoms with Crippen molar-refractivity contribution in [3.63, 3.8) is 0 Å². The van der Waals surface area contributed by atoms with Crippen molar-refractivity contribution in [1.82, 2.24) is 5.32 Å². The summed E-state index contributed by atoms with van der Waals surface area (Å²) in [5.41, 5.74) is -0.0728. The lowest BCUT2D eigenvalue weighted by atomic mass is 9.89. The first kappa shape index (κ1) is 13.8. The van der Waals surface area contributed by atoms with E-state index in [1.165, 1.54) is 0 Å². The third-order valence-electron chi connectivity index (χ3n) is 4.59. The molecule has 0 aromatic heterocycles. The smallest absolute Gasteiger partial charge is 0.150 e. The lowest BCUT2D eigenvalue weighted by Gasteiger charge is -2.39. The van der Waals surface area contributed by atoms with Crippen LogP contribution < -0.4 is 5.32 Å². The van der Waals surface area contributed by atoms with Crippen LogP contribution in [0.4, 0.5) is 0 Å². The molecule has 2 atom stereocenters. The largest absolute Gasteiger partial charge is 0.378 e. The average molecular weight is 289 g/mol. The minimum Gasteiger partial charge on any atom is -0.378 e. The number of rotatable bonds is 2. The first-order valence-electron chi connectivity index (χ1n) is 7.25. The highest BCUT2D eigenvalue weighted by molar-refractivity contribution is 7.91. The van der Waals surface area contributed by atoms with Crippen molar-refractivity contribution in [2.24, 2.45) is 0 Å². The Labute approximate surface area is 115 Å². The minimum atomic E-state index is -2.76. The molecule has 0 saturated carbocycles. The zero-order valence-electron chi connectivity index (χ0n) is 11.3. The molecule has 0 bridgehead atoms. The minimum absolute atomic E-state index is 0.0728. The fourth-order valence-electron chi connectivity index (χ4n) is 3.42. The molecule has 2 unspecified atom stereocenters. The highest BCUT2D eigenvalue weighted by atomic mass is 32.2. The van der Waals surface area contributed by atoms with Gasteiger partial charge in [0.2, 0.25) is 0 Å². The number of hydrogen-bond donors (Lipinski definition) is 1. The summed E-state index contributed by atoms with van der Waals surface area (Å²) >= 11 is 0. The van der Waals surface area contributed by atoms with E-state index in [9.17, 15) is 8.42 Å². The Kier molecular flexibility index (Phi) is 3.86. The summed E-state index contributed by atoms with van der Waals surface area (Å²) in [6.07, 6.45) is 4.51. The van der Waals surface area contributed by atoms with Gasteiger partial charge in [-0.3, -0.25) is 0 Å². The second-order valence-corrected chi connectivity index (χ2v) is 8.42. The Morgan fingerprint density at radius 1 is 1.05 bits per heavy atom. The molecule has 110 valence electrons. The second-order valence-electron chi connectivity index (χ2n) is 6.12. The molecule has 3 fully saturated rings. The fraction of sp³-hybridized carbons (Fsp3) is 1.00. The predicted molar refractivity (Wildman–Crippen MR) is 72.0 cm³/mol. The Balaban J connectivity index is 1.52. The molecule has 6 heteroatoms. The van der Waals surface area contributed by atoms with Crippen LogP contribution >= 0.6 is 0 Å². The van der Waals surface area contributed by atoms with Crippen LogP contribution in [0.3, 0.4) is 0 Å². The zero-order chi connectivity index (χ0) is 13.3. The van der Waals surface area contributed by atoms with Crippen molar-refractivity contribution in [3.8, 4) is 0 Å². The van der Waals surface area contributed by atoms with Gasteiger partial charge in [-0.25, -0.2) is 8.42 Å². The second kappa shape index (κ2) is 5.31. The lowest BCUT2D eigenvalue weighted by Crippen LogP contribution is -2.51. The maximum atomic E-state index is 11.4. The third kappa shape index (κ3) is 3.29. The van der Waals surface area contributed by atoms with E-state index >= 15 is 0 Å². The van der Waals surface area contributed by atoms with E-state index in [-0.39, 0.29) is 5.60 Å². The first-order valence-corrected chi connectivity index (χ1v) is 9.07. The highest BCUT2D eigenvalue weighted by Crippen LogP contribution is 2.33. The van der Waals surface area contributed by atoms with E-state index in [1.807, 2.05) is 0 Å². The molecule has 19 heavy (non-hydrogen) atoms. The van der Waals surface area contributed by atoms with Gasteiger partial charge < -0.3 is 14.8 Å². The monoisotopic (exact) mass is 289 g/mol. The summed E-state index contributed by atoms with van der Waals surface area (Å²) in [6.45, 7) is 2.30. The van der Waals surface area contributed by atoms with Crippen molar-refractivity contribution in [3.05, 3.63) is 0 Å². The molecule has 3 rings (SSSR count).